The summed E-state index contributed by atoms with van der Waals surface area (Å²) < 4.78 is 5.85. The van der Waals surface area contributed by atoms with Gasteiger partial charge in [0, 0.05) is 6.42 Å². The van der Waals surface area contributed by atoms with Gasteiger partial charge in [0.2, 0.25) is 0 Å². The number of nitrogens with zero attached hydrogens (tertiary/aromatic N) is 1. The number of aromatic nitrogens is 2. The molecule has 0 unspecified atom stereocenters. The fourth-order valence-electron chi connectivity index (χ4n) is 2.92. The molecule has 1 heterocycles. The van der Waals surface area contributed by atoms with E-state index in [0.29, 0.717) is 6.61 Å². The highest BCUT2D eigenvalue weighted by Gasteiger charge is 2.03. The third kappa shape index (κ3) is 3.89. The molecule has 3 heteroatoms. The van der Waals surface area contributed by atoms with Gasteiger partial charge in [-0.1, -0.05) is 54.6 Å². The van der Waals surface area contributed by atoms with E-state index in [1.54, 1.807) is 0 Å². The molecule has 0 amide bonds. The van der Waals surface area contributed by atoms with E-state index in [9.17, 15) is 0 Å². The first-order valence-electron chi connectivity index (χ1n) is 8.56. The van der Waals surface area contributed by atoms with Crippen molar-refractivity contribution in [2.75, 3.05) is 6.61 Å². The molecule has 124 valence electrons. The average Bonchev–Trinajstić information content (AvgIpc) is 3.07. The van der Waals surface area contributed by atoms with Gasteiger partial charge in [0.15, 0.2) is 0 Å². The van der Waals surface area contributed by atoms with E-state index in [1.165, 1.54) is 11.1 Å². The lowest BCUT2D eigenvalue weighted by molar-refractivity contribution is 0.319. The standard InChI is InChI=1S/C22H20N2O/c1-2-6-17(7-3-1)16-18-10-12-19(13-11-18)25-15-14-22-23-20-8-4-5-9-21(20)24-22/h1-13H,14-16H2,(H,23,24). The molecule has 0 spiro atoms. The number of hydrogen-bond acceptors (Lipinski definition) is 2. The zero-order valence-corrected chi connectivity index (χ0v) is 14.0. The molecule has 0 saturated carbocycles. The summed E-state index contributed by atoms with van der Waals surface area (Å²) in [7, 11) is 0. The molecule has 4 rings (SSSR count). The van der Waals surface area contributed by atoms with E-state index >= 15 is 0 Å². The molecular weight excluding hydrogens is 308 g/mol. The van der Waals surface area contributed by atoms with Crippen LogP contribution in [0.3, 0.4) is 0 Å². The van der Waals surface area contributed by atoms with Crippen molar-refractivity contribution in [1.29, 1.82) is 0 Å². The number of nitrogens with one attached hydrogen (secondary N) is 1. The SMILES string of the molecule is c1ccc(Cc2ccc(OCCc3nc4ccccc4[nH]3)cc2)cc1. The van der Waals surface area contributed by atoms with Crippen LogP contribution in [0.2, 0.25) is 0 Å². The topological polar surface area (TPSA) is 37.9 Å². The third-order valence-corrected chi connectivity index (χ3v) is 4.22. The van der Waals surface area contributed by atoms with Gasteiger partial charge in [-0.25, -0.2) is 4.98 Å². The average molecular weight is 328 g/mol. The van der Waals surface area contributed by atoms with Gasteiger partial charge in [0.25, 0.3) is 0 Å². The summed E-state index contributed by atoms with van der Waals surface area (Å²) >= 11 is 0. The molecule has 1 aromatic heterocycles. The second-order valence-electron chi connectivity index (χ2n) is 6.11. The zero-order chi connectivity index (χ0) is 16.9. The van der Waals surface area contributed by atoms with Gasteiger partial charge in [-0.15, -0.1) is 0 Å². The predicted octanol–water partition coefficient (Wildman–Crippen LogP) is 4.78. The highest BCUT2D eigenvalue weighted by atomic mass is 16.5. The molecule has 0 aliphatic rings. The number of fused-ring (bicyclic) bond motifs is 1. The molecule has 0 saturated heterocycles. The third-order valence-electron chi connectivity index (χ3n) is 4.22. The summed E-state index contributed by atoms with van der Waals surface area (Å²) in [6, 6.07) is 26.9. The van der Waals surface area contributed by atoms with Crippen molar-refractivity contribution in [2.45, 2.75) is 12.8 Å². The quantitative estimate of drug-likeness (QED) is 0.553. The van der Waals surface area contributed by atoms with Crippen LogP contribution < -0.4 is 4.74 Å². The Hall–Kier alpha value is -3.07. The van der Waals surface area contributed by atoms with E-state index in [4.69, 9.17) is 4.74 Å². The Morgan fingerprint density at radius 2 is 1.48 bits per heavy atom. The first kappa shape index (κ1) is 15.5. The highest BCUT2D eigenvalue weighted by molar-refractivity contribution is 5.74. The van der Waals surface area contributed by atoms with Crippen molar-refractivity contribution < 1.29 is 4.74 Å². The number of benzene rings is 3. The largest absolute Gasteiger partial charge is 0.493 e. The maximum atomic E-state index is 5.85. The highest BCUT2D eigenvalue weighted by Crippen LogP contribution is 2.16. The Balaban J connectivity index is 1.32. The molecule has 4 aromatic rings. The van der Waals surface area contributed by atoms with E-state index in [-0.39, 0.29) is 0 Å². The van der Waals surface area contributed by atoms with Crippen molar-refractivity contribution in [3.05, 3.63) is 95.8 Å². The summed E-state index contributed by atoms with van der Waals surface area (Å²) in [5.74, 6) is 1.86. The molecule has 25 heavy (non-hydrogen) atoms. The fourth-order valence-corrected chi connectivity index (χ4v) is 2.92. The molecular formula is C22H20N2O. The fraction of sp³-hybridized carbons (Fsp3) is 0.136. The summed E-state index contributed by atoms with van der Waals surface area (Å²) in [4.78, 5) is 7.90. The second kappa shape index (κ2) is 7.22. The lowest BCUT2D eigenvalue weighted by atomic mass is 10.1. The predicted molar refractivity (Wildman–Crippen MR) is 101 cm³/mol. The van der Waals surface area contributed by atoms with E-state index in [1.807, 2.05) is 42.5 Å². The lowest BCUT2D eigenvalue weighted by Crippen LogP contribution is -2.02. The van der Waals surface area contributed by atoms with Crippen LogP contribution in [-0.2, 0) is 12.8 Å². The Labute approximate surface area is 147 Å². The van der Waals surface area contributed by atoms with Crippen molar-refractivity contribution in [3.63, 3.8) is 0 Å². The first-order chi connectivity index (χ1) is 12.4. The van der Waals surface area contributed by atoms with Crippen LogP contribution >= 0.6 is 0 Å². The van der Waals surface area contributed by atoms with Crippen LogP contribution in [-0.4, -0.2) is 16.6 Å². The Kier molecular flexibility index (Phi) is 4.46. The molecule has 3 aromatic carbocycles. The van der Waals surface area contributed by atoms with Gasteiger partial charge >= 0.3 is 0 Å². The number of ether oxygens (including phenoxy) is 1. The van der Waals surface area contributed by atoms with Gasteiger partial charge in [-0.05, 0) is 41.8 Å². The van der Waals surface area contributed by atoms with E-state index in [2.05, 4.69) is 46.4 Å². The van der Waals surface area contributed by atoms with Crippen LogP contribution in [0.5, 0.6) is 5.75 Å². The summed E-state index contributed by atoms with van der Waals surface area (Å²) in [5.41, 5.74) is 4.68. The van der Waals surface area contributed by atoms with Gasteiger partial charge in [-0.2, -0.15) is 0 Å². The number of rotatable bonds is 6. The van der Waals surface area contributed by atoms with Crippen molar-refractivity contribution in [1.82, 2.24) is 9.97 Å². The molecule has 0 aliphatic heterocycles. The number of H-pyrrole nitrogens is 1. The van der Waals surface area contributed by atoms with Crippen LogP contribution in [0.4, 0.5) is 0 Å². The number of hydrogen-bond donors (Lipinski definition) is 1. The normalized spacial score (nSPS) is 10.9. The Bertz CT molecular complexity index is 910. The van der Waals surface area contributed by atoms with Gasteiger partial charge in [0.1, 0.15) is 11.6 Å². The van der Waals surface area contributed by atoms with Crippen LogP contribution in [0.1, 0.15) is 17.0 Å². The minimum atomic E-state index is 0.609. The molecule has 1 N–H and O–H groups in total. The molecule has 0 bridgehead atoms. The van der Waals surface area contributed by atoms with Crippen molar-refractivity contribution >= 4 is 11.0 Å². The molecule has 0 fully saturated rings. The summed E-state index contributed by atoms with van der Waals surface area (Å²) in [6.45, 7) is 0.609. The van der Waals surface area contributed by atoms with E-state index in [0.717, 1.165) is 35.4 Å². The van der Waals surface area contributed by atoms with Gasteiger partial charge < -0.3 is 9.72 Å². The van der Waals surface area contributed by atoms with Gasteiger partial charge in [0.05, 0.1) is 17.6 Å². The van der Waals surface area contributed by atoms with Crippen LogP contribution in [0.15, 0.2) is 78.9 Å². The first-order valence-corrected chi connectivity index (χ1v) is 8.56. The molecule has 0 radical (unpaired) electrons. The summed E-state index contributed by atoms with van der Waals surface area (Å²) in [5, 5.41) is 0. The lowest BCUT2D eigenvalue weighted by Gasteiger charge is -2.07. The monoisotopic (exact) mass is 328 g/mol. The van der Waals surface area contributed by atoms with Crippen LogP contribution in [0.25, 0.3) is 11.0 Å². The minimum Gasteiger partial charge on any atom is -0.493 e. The zero-order valence-electron chi connectivity index (χ0n) is 14.0. The molecule has 0 aliphatic carbocycles. The number of para-hydroxylation sites is 2. The minimum absolute atomic E-state index is 0.609. The molecule has 0 atom stereocenters. The maximum Gasteiger partial charge on any atom is 0.119 e. The van der Waals surface area contributed by atoms with Crippen molar-refractivity contribution in [2.24, 2.45) is 0 Å². The van der Waals surface area contributed by atoms with E-state index < -0.39 is 0 Å². The smallest absolute Gasteiger partial charge is 0.119 e. The maximum absolute atomic E-state index is 5.85. The summed E-state index contributed by atoms with van der Waals surface area (Å²) in [6.07, 6.45) is 1.71. The number of imidazole rings is 1. The molecule has 3 nitrogen and oxygen atoms in total. The van der Waals surface area contributed by atoms with Crippen molar-refractivity contribution in [3.8, 4) is 5.75 Å². The van der Waals surface area contributed by atoms with Crippen LogP contribution in [0, 0.1) is 0 Å². The second-order valence-corrected chi connectivity index (χ2v) is 6.11. The Morgan fingerprint density at radius 1 is 0.760 bits per heavy atom. The Morgan fingerprint density at radius 3 is 2.28 bits per heavy atom. The van der Waals surface area contributed by atoms with Gasteiger partial charge in [-0.3, -0.25) is 0 Å². The number of aromatic amines is 1.